The van der Waals surface area contributed by atoms with Crippen LogP contribution in [0.2, 0.25) is 0 Å². The summed E-state index contributed by atoms with van der Waals surface area (Å²) in [5, 5.41) is 3.28. The summed E-state index contributed by atoms with van der Waals surface area (Å²) in [6, 6.07) is 6.34. The number of hydrogen-bond acceptors (Lipinski definition) is 6. The third-order valence-electron chi connectivity index (χ3n) is 6.04. The Morgan fingerprint density at radius 3 is 2.80 bits per heavy atom. The van der Waals surface area contributed by atoms with E-state index in [0.29, 0.717) is 43.6 Å². The molecule has 0 saturated carbocycles. The van der Waals surface area contributed by atoms with Gasteiger partial charge in [-0.15, -0.1) is 0 Å². The van der Waals surface area contributed by atoms with Gasteiger partial charge in [0.2, 0.25) is 5.95 Å². The van der Waals surface area contributed by atoms with Gasteiger partial charge in [-0.1, -0.05) is 6.07 Å². The normalized spacial score (nSPS) is 21.0. The van der Waals surface area contributed by atoms with E-state index in [-0.39, 0.29) is 17.8 Å². The number of ether oxygens (including phenoxy) is 1. The van der Waals surface area contributed by atoms with Crippen molar-refractivity contribution in [2.24, 2.45) is 0 Å². The number of anilines is 3. The van der Waals surface area contributed by atoms with E-state index in [1.165, 1.54) is 12.1 Å². The van der Waals surface area contributed by atoms with Crippen LogP contribution in [0.5, 0.6) is 0 Å². The molecule has 1 aromatic heterocycles. The van der Waals surface area contributed by atoms with Crippen LogP contribution in [0.4, 0.5) is 21.8 Å². The number of aromatic nitrogens is 2. The van der Waals surface area contributed by atoms with Gasteiger partial charge in [-0.25, -0.2) is 9.37 Å². The molecule has 2 saturated heterocycles. The molecule has 7 nitrogen and oxygen atoms in total. The van der Waals surface area contributed by atoms with Crippen molar-refractivity contribution in [2.75, 3.05) is 36.5 Å². The second-order valence-electron chi connectivity index (χ2n) is 8.14. The molecule has 3 aliphatic heterocycles. The molecule has 0 bridgehead atoms. The summed E-state index contributed by atoms with van der Waals surface area (Å²) in [5.41, 5.74) is 2.49. The number of fused-ring (bicyclic) bond motifs is 1. The first-order valence-corrected chi connectivity index (χ1v) is 10.7. The Balaban J connectivity index is 1.47. The lowest BCUT2D eigenvalue weighted by Gasteiger charge is -2.32. The summed E-state index contributed by atoms with van der Waals surface area (Å²) >= 11 is 0. The third-order valence-corrected chi connectivity index (χ3v) is 6.04. The number of rotatable bonds is 4. The number of nitrogens with zero attached hydrogens (tertiary/aromatic N) is 4. The molecule has 4 heterocycles. The number of nitrogens with one attached hydrogen (secondary N) is 1. The van der Waals surface area contributed by atoms with Crippen LogP contribution in [0.25, 0.3) is 0 Å². The molecule has 2 fully saturated rings. The van der Waals surface area contributed by atoms with Gasteiger partial charge in [0.15, 0.2) is 0 Å². The van der Waals surface area contributed by atoms with Crippen LogP contribution >= 0.6 is 0 Å². The number of halogens is 1. The highest BCUT2D eigenvalue weighted by Crippen LogP contribution is 2.31. The molecule has 1 amide bonds. The van der Waals surface area contributed by atoms with Gasteiger partial charge in [0, 0.05) is 43.9 Å². The zero-order chi connectivity index (χ0) is 20.5. The minimum Gasteiger partial charge on any atom is -0.368 e. The molecular weight excluding hydrogens is 385 g/mol. The summed E-state index contributed by atoms with van der Waals surface area (Å²) in [5.74, 6) is 1.10. The van der Waals surface area contributed by atoms with Crippen molar-refractivity contribution in [3.05, 3.63) is 41.3 Å². The van der Waals surface area contributed by atoms with E-state index in [0.717, 1.165) is 50.0 Å². The molecule has 1 N–H and O–H groups in total. The fourth-order valence-corrected chi connectivity index (χ4v) is 4.43. The van der Waals surface area contributed by atoms with Crippen LogP contribution in [0.15, 0.2) is 24.3 Å². The second-order valence-corrected chi connectivity index (χ2v) is 8.14. The molecular formula is C22H26FN5O2. The van der Waals surface area contributed by atoms with Crippen LogP contribution in [0.3, 0.4) is 0 Å². The average Bonchev–Trinajstić information content (AvgIpc) is 3.47. The SMILES string of the molecule is O=C([C@@H]1CCCO1)N1CCc2nc(N3CCCC3)nc(Nc3cccc(F)c3)c2C1. The van der Waals surface area contributed by atoms with E-state index in [1.54, 1.807) is 6.07 Å². The van der Waals surface area contributed by atoms with Gasteiger partial charge in [-0.2, -0.15) is 4.98 Å². The van der Waals surface area contributed by atoms with Gasteiger partial charge in [-0.3, -0.25) is 4.79 Å². The molecule has 3 aliphatic rings. The van der Waals surface area contributed by atoms with Crippen LogP contribution in [0, 0.1) is 5.82 Å². The molecule has 158 valence electrons. The maximum absolute atomic E-state index is 13.7. The molecule has 0 unspecified atom stereocenters. The number of carbonyl (C=O) groups is 1. The number of carbonyl (C=O) groups excluding carboxylic acids is 1. The lowest BCUT2D eigenvalue weighted by molar-refractivity contribution is -0.141. The molecule has 1 aromatic carbocycles. The zero-order valence-corrected chi connectivity index (χ0v) is 16.9. The van der Waals surface area contributed by atoms with E-state index in [2.05, 4.69) is 10.2 Å². The summed E-state index contributed by atoms with van der Waals surface area (Å²) in [6.45, 7) is 3.60. The molecule has 30 heavy (non-hydrogen) atoms. The molecule has 5 rings (SSSR count). The largest absolute Gasteiger partial charge is 0.368 e. The van der Waals surface area contributed by atoms with Crippen molar-refractivity contribution in [2.45, 2.75) is 44.8 Å². The molecule has 2 aromatic rings. The third kappa shape index (κ3) is 3.84. The Labute approximate surface area is 175 Å². The van der Waals surface area contributed by atoms with E-state index >= 15 is 0 Å². The Kier molecular flexibility index (Phi) is 5.25. The van der Waals surface area contributed by atoms with E-state index < -0.39 is 0 Å². The Hall–Kier alpha value is -2.74. The maximum Gasteiger partial charge on any atom is 0.252 e. The maximum atomic E-state index is 13.7. The molecule has 0 radical (unpaired) electrons. The quantitative estimate of drug-likeness (QED) is 0.834. The van der Waals surface area contributed by atoms with Crippen LogP contribution in [0.1, 0.15) is 36.9 Å². The molecule has 8 heteroatoms. The van der Waals surface area contributed by atoms with E-state index in [9.17, 15) is 9.18 Å². The Morgan fingerprint density at radius 2 is 2.03 bits per heavy atom. The number of hydrogen-bond donors (Lipinski definition) is 1. The Bertz CT molecular complexity index is 941. The fourth-order valence-electron chi connectivity index (χ4n) is 4.43. The van der Waals surface area contributed by atoms with Crippen molar-refractivity contribution in [3.8, 4) is 0 Å². The molecule has 0 aliphatic carbocycles. The van der Waals surface area contributed by atoms with E-state index in [1.807, 2.05) is 11.0 Å². The van der Waals surface area contributed by atoms with Gasteiger partial charge < -0.3 is 19.9 Å². The minimum absolute atomic E-state index is 0.0403. The van der Waals surface area contributed by atoms with Crippen molar-refractivity contribution in [1.82, 2.24) is 14.9 Å². The smallest absolute Gasteiger partial charge is 0.252 e. The first-order chi connectivity index (χ1) is 14.7. The summed E-state index contributed by atoms with van der Waals surface area (Å²) in [4.78, 5) is 26.6. The second kappa shape index (κ2) is 8.18. The van der Waals surface area contributed by atoms with Crippen LogP contribution < -0.4 is 10.2 Å². The highest BCUT2D eigenvalue weighted by molar-refractivity contribution is 5.81. The first-order valence-electron chi connectivity index (χ1n) is 10.7. The van der Waals surface area contributed by atoms with E-state index in [4.69, 9.17) is 14.7 Å². The van der Waals surface area contributed by atoms with Gasteiger partial charge in [-0.05, 0) is 43.9 Å². The lowest BCUT2D eigenvalue weighted by atomic mass is 10.0. The van der Waals surface area contributed by atoms with Crippen molar-refractivity contribution in [3.63, 3.8) is 0 Å². The predicted molar refractivity (Wildman–Crippen MR) is 111 cm³/mol. The van der Waals surface area contributed by atoms with Crippen molar-refractivity contribution in [1.29, 1.82) is 0 Å². The lowest BCUT2D eigenvalue weighted by Crippen LogP contribution is -2.42. The summed E-state index contributed by atoms with van der Waals surface area (Å²) in [7, 11) is 0. The Morgan fingerprint density at radius 1 is 1.17 bits per heavy atom. The highest BCUT2D eigenvalue weighted by atomic mass is 19.1. The average molecular weight is 411 g/mol. The summed E-state index contributed by atoms with van der Waals surface area (Å²) in [6.07, 6.45) is 4.31. The van der Waals surface area contributed by atoms with Gasteiger partial charge in [0.25, 0.3) is 5.91 Å². The first kappa shape index (κ1) is 19.2. The van der Waals surface area contributed by atoms with Gasteiger partial charge in [0.05, 0.1) is 12.2 Å². The molecule has 0 spiro atoms. The van der Waals surface area contributed by atoms with Crippen molar-refractivity contribution >= 4 is 23.4 Å². The molecule has 1 atom stereocenters. The summed E-state index contributed by atoms with van der Waals surface area (Å²) < 4.78 is 19.3. The van der Waals surface area contributed by atoms with Gasteiger partial charge in [0.1, 0.15) is 17.7 Å². The number of amides is 1. The standard InChI is InChI=1S/C22H26FN5O2/c23-15-5-3-6-16(13-15)24-20-17-14-28(21(29)19-7-4-12-30-19)11-8-18(17)25-22(26-20)27-9-1-2-10-27/h3,5-6,13,19H,1-2,4,7-12,14H2,(H,24,25,26)/t19-/m0/s1. The monoisotopic (exact) mass is 411 g/mol. The van der Waals surface area contributed by atoms with Crippen LogP contribution in [-0.4, -0.2) is 53.1 Å². The van der Waals surface area contributed by atoms with Crippen molar-refractivity contribution < 1.29 is 13.9 Å². The minimum atomic E-state index is -0.337. The zero-order valence-electron chi connectivity index (χ0n) is 16.9. The number of benzene rings is 1. The predicted octanol–water partition coefficient (Wildman–Crippen LogP) is 3.02. The fraction of sp³-hybridized carbons (Fsp3) is 0.500. The van der Waals surface area contributed by atoms with Gasteiger partial charge >= 0.3 is 0 Å². The highest BCUT2D eigenvalue weighted by Gasteiger charge is 2.32. The van der Waals surface area contributed by atoms with Crippen LogP contribution in [-0.2, 0) is 22.5 Å². The topological polar surface area (TPSA) is 70.6 Å².